The fourth-order valence-corrected chi connectivity index (χ4v) is 4.47. The number of hydrogen-bond donors (Lipinski definition) is 0. The minimum Gasteiger partial charge on any atom is -0.241 e. The van der Waals surface area contributed by atoms with Gasteiger partial charge in [-0.2, -0.15) is 0 Å². The Hall–Kier alpha value is -2.30. The molecule has 24 heavy (non-hydrogen) atoms. The summed E-state index contributed by atoms with van der Waals surface area (Å²) < 4.78 is 0. The van der Waals surface area contributed by atoms with E-state index in [-0.39, 0.29) is 0 Å². The molecule has 4 rings (SSSR count). The molecule has 0 spiro atoms. The second-order valence-corrected chi connectivity index (χ2v) is 7.56. The second kappa shape index (κ2) is 6.30. The van der Waals surface area contributed by atoms with Crippen LogP contribution >= 0.6 is 22.7 Å². The molecule has 0 saturated heterocycles. The maximum Gasteiger partial charge on any atom is 0.124 e. The Morgan fingerprint density at radius 1 is 0.750 bits per heavy atom. The standard InChI is InChI=1S/C20H16N2S2/c1-13-8-10-16(11-9-13)19-22-17(12-23-19)18-14(2)21-20(24-18)15-6-4-3-5-7-15/h3-12H,1-2H3. The van der Waals surface area contributed by atoms with Gasteiger partial charge >= 0.3 is 0 Å². The number of nitrogens with zero attached hydrogens (tertiary/aromatic N) is 2. The van der Waals surface area contributed by atoms with Gasteiger partial charge in [0.15, 0.2) is 0 Å². The third-order valence-corrected chi connectivity index (χ3v) is 5.97. The highest BCUT2D eigenvalue weighted by atomic mass is 32.1. The first-order valence-electron chi connectivity index (χ1n) is 7.76. The van der Waals surface area contributed by atoms with Crippen LogP contribution in [0.25, 0.3) is 31.7 Å². The van der Waals surface area contributed by atoms with E-state index < -0.39 is 0 Å². The topological polar surface area (TPSA) is 25.8 Å². The SMILES string of the molecule is Cc1ccc(-c2nc(-c3sc(-c4ccccc4)nc3C)cs2)cc1. The highest BCUT2D eigenvalue weighted by Gasteiger charge is 2.14. The fraction of sp³-hybridized carbons (Fsp3) is 0.100. The van der Waals surface area contributed by atoms with E-state index in [0.29, 0.717) is 0 Å². The molecule has 0 fully saturated rings. The molecular formula is C20H16N2S2. The molecule has 0 aliphatic rings. The number of hydrogen-bond acceptors (Lipinski definition) is 4. The Bertz CT molecular complexity index is 967. The van der Waals surface area contributed by atoms with E-state index in [1.54, 1.807) is 22.7 Å². The Balaban J connectivity index is 1.70. The lowest BCUT2D eigenvalue weighted by Gasteiger charge is -1.97. The van der Waals surface area contributed by atoms with Crippen LogP contribution < -0.4 is 0 Å². The van der Waals surface area contributed by atoms with Crippen LogP contribution in [0, 0.1) is 13.8 Å². The molecule has 0 radical (unpaired) electrons. The van der Waals surface area contributed by atoms with Crippen LogP contribution in [0.2, 0.25) is 0 Å². The van der Waals surface area contributed by atoms with Gasteiger partial charge in [-0.05, 0) is 13.8 Å². The fourth-order valence-electron chi connectivity index (χ4n) is 2.55. The second-order valence-electron chi connectivity index (χ2n) is 5.70. The maximum atomic E-state index is 4.84. The molecule has 118 valence electrons. The molecule has 0 atom stereocenters. The van der Waals surface area contributed by atoms with Gasteiger partial charge < -0.3 is 0 Å². The predicted octanol–water partition coefficient (Wildman–Crippen LogP) is 6.22. The summed E-state index contributed by atoms with van der Waals surface area (Å²) in [6, 6.07) is 18.8. The largest absolute Gasteiger partial charge is 0.241 e. The van der Waals surface area contributed by atoms with Gasteiger partial charge in [-0.25, -0.2) is 9.97 Å². The molecule has 4 aromatic rings. The van der Waals surface area contributed by atoms with E-state index in [1.165, 1.54) is 11.1 Å². The van der Waals surface area contributed by atoms with Crippen LogP contribution in [-0.4, -0.2) is 9.97 Å². The minimum absolute atomic E-state index is 1.02. The lowest BCUT2D eigenvalue weighted by Crippen LogP contribution is -1.80. The predicted molar refractivity (Wildman–Crippen MR) is 104 cm³/mol. The van der Waals surface area contributed by atoms with Crippen molar-refractivity contribution in [2.45, 2.75) is 13.8 Å². The van der Waals surface area contributed by atoms with Crippen molar-refractivity contribution >= 4 is 22.7 Å². The summed E-state index contributed by atoms with van der Waals surface area (Å²) >= 11 is 3.39. The molecule has 0 aliphatic heterocycles. The molecule has 2 aromatic heterocycles. The van der Waals surface area contributed by atoms with Gasteiger partial charge in [0.1, 0.15) is 10.0 Å². The van der Waals surface area contributed by atoms with Crippen molar-refractivity contribution in [3.8, 4) is 31.7 Å². The van der Waals surface area contributed by atoms with Crippen LogP contribution in [0.4, 0.5) is 0 Å². The first kappa shape index (κ1) is 15.2. The summed E-state index contributed by atoms with van der Waals surface area (Å²) in [7, 11) is 0. The van der Waals surface area contributed by atoms with Crippen LogP contribution in [-0.2, 0) is 0 Å². The first-order valence-corrected chi connectivity index (χ1v) is 9.46. The molecule has 2 aromatic carbocycles. The lowest BCUT2D eigenvalue weighted by molar-refractivity contribution is 1.26. The maximum absolute atomic E-state index is 4.84. The van der Waals surface area contributed by atoms with Crippen molar-refractivity contribution in [2.24, 2.45) is 0 Å². The average Bonchev–Trinajstić information content (AvgIpc) is 3.23. The molecule has 4 heteroatoms. The van der Waals surface area contributed by atoms with E-state index >= 15 is 0 Å². The van der Waals surface area contributed by atoms with Gasteiger partial charge in [-0.3, -0.25) is 0 Å². The minimum atomic E-state index is 1.02. The van der Waals surface area contributed by atoms with Crippen LogP contribution in [0.1, 0.15) is 11.3 Å². The van der Waals surface area contributed by atoms with Crippen molar-refractivity contribution in [3.05, 3.63) is 71.2 Å². The smallest absolute Gasteiger partial charge is 0.124 e. The number of thiazole rings is 2. The van der Waals surface area contributed by atoms with Crippen molar-refractivity contribution in [1.29, 1.82) is 0 Å². The number of rotatable bonds is 3. The summed E-state index contributed by atoms with van der Waals surface area (Å²) in [6.45, 7) is 4.16. The van der Waals surface area contributed by atoms with E-state index in [9.17, 15) is 0 Å². The Kier molecular flexibility index (Phi) is 4.00. The molecule has 0 unspecified atom stereocenters. The summed E-state index contributed by atoms with van der Waals surface area (Å²) in [6.07, 6.45) is 0. The molecular weight excluding hydrogens is 332 g/mol. The molecule has 0 saturated carbocycles. The van der Waals surface area contributed by atoms with Gasteiger partial charge in [-0.1, -0.05) is 60.2 Å². The van der Waals surface area contributed by atoms with Crippen LogP contribution in [0.15, 0.2) is 60.0 Å². The molecule has 0 bridgehead atoms. The Labute approximate surface area is 149 Å². The zero-order chi connectivity index (χ0) is 16.5. The van der Waals surface area contributed by atoms with E-state index in [1.807, 2.05) is 18.2 Å². The zero-order valence-corrected chi connectivity index (χ0v) is 15.1. The number of benzene rings is 2. The summed E-state index contributed by atoms with van der Waals surface area (Å²) in [5.41, 5.74) is 5.65. The van der Waals surface area contributed by atoms with Gasteiger partial charge in [0.05, 0.1) is 16.3 Å². The third-order valence-electron chi connectivity index (χ3n) is 3.85. The third kappa shape index (κ3) is 2.90. The number of aromatic nitrogens is 2. The van der Waals surface area contributed by atoms with Crippen LogP contribution in [0.3, 0.4) is 0 Å². The normalized spacial score (nSPS) is 10.9. The lowest BCUT2D eigenvalue weighted by atomic mass is 10.2. The van der Waals surface area contributed by atoms with Gasteiger partial charge in [-0.15, -0.1) is 22.7 Å². The molecule has 0 aliphatic carbocycles. The Morgan fingerprint density at radius 3 is 2.21 bits per heavy atom. The molecule has 0 N–H and O–H groups in total. The van der Waals surface area contributed by atoms with Crippen molar-refractivity contribution < 1.29 is 0 Å². The summed E-state index contributed by atoms with van der Waals surface area (Å²) in [5, 5.41) is 4.23. The highest BCUT2D eigenvalue weighted by molar-refractivity contribution is 7.19. The average molecular weight is 348 g/mol. The van der Waals surface area contributed by atoms with Gasteiger partial charge in [0.2, 0.25) is 0 Å². The monoisotopic (exact) mass is 348 g/mol. The van der Waals surface area contributed by atoms with E-state index in [4.69, 9.17) is 9.97 Å². The zero-order valence-electron chi connectivity index (χ0n) is 13.5. The first-order chi connectivity index (χ1) is 11.7. The molecule has 2 heterocycles. The highest BCUT2D eigenvalue weighted by Crippen LogP contribution is 2.37. The van der Waals surface area contributed by atoms with E-state index in [0.717, 1.165) is 31.8 Å². The summed E-state index contributed by atoms with van der Waals surface area (Å²) in [4.78, 5) is 10.7. The van der Waals surface area contributed by atoms with Gasteiger partial charge in [0.25, 0.3) is 0 Å². The van der Waals surface area contributed by atoms with Gasteiger partial charge in [0, 0.05) is 16.5 Å². The quantitative estimate of drug-likeness (QED) is 0.439. The van der Waals surface area contributed by atoms with Crippen molar-refractivity contribution in [3.63, 3.8) is 0 Å². The van der Waals surface area contributed by atoms with Crippen LogP contribution in [0.5, 0.6) is 0 Å². The molecule has 0 amide bonds. The molecule has 2 nitrogen and oxygen atoms in total. The Morgan fingerprint density at radius 2 is 1.46 bits per heavy atom. The summed E-state index contributed by atoms with van der Waals surface area (Å²) in [5.74, 6) is 0. The van der Waals surface area contributed by atoms with E-state index in [2.05, 4.69) is 55.6 Å². The number of aryl methyl sites for hydroxylation is 2. The van der Waals surface area contributed by atoms with Crippen molar-refractivity contribution in [1.82, 2.24) is 9.97 Å². The van der Waals surface area contributed by atoms with Crippen molar-refractivity contribution in [2.75, 3.05) is 0 Å².